The number of aliphatic hydroxyl groups is 1. The first-order valence-electron chi connectivity index (χ1n) is 9.12. The van der Waals surface area contributed by atoms with Gasteiger partial charge in [-0.05, 0) is 64.5 Å². The lowest BCUT2D eigenvalue weighted by atomic mass is 9.93. The average molecular weight is 310 g/mol. The van der Waals surface area contributed by atoms with Crippen molar-refractivity contribution in [2.45, 2.75) is 64.5 Å². The van der Waals surface area contributed by atoms with Gasteiger partial charge < -0.3 is 20.6 Å². The molecule has 1 saturated heterocycles. The molecule has 2 aliphatic rings. The molecule has 0 aromatic carbocycles. The summed E-state index contributed by atoms with van der Waals surface area (Å²) in [6.45, 7) is 9.72. The van der Waals surface area contributed by atoms with E-state index in [2.05, 4.69) is 29.4 Å². The highest BCUT2D eigenvalue weighted by atomic mass is 16.3. The summed E-state index contributed by atoms with van der Waals surface area (Å²) in [5, 5.41) is 16.5. The molecule has 1 aliphatic carbocycles. The quantitative estimate of drug-likeness (QED) is 0.533. The van der Waals surface area contributed by atoms with Crippen molar-refractivity contribution in [2.24, 2.45) is 10.9 Å². The Morgan fingerprint density at radius 1 is 1.14 bits per heavy atom. The minimum Gasteiger partial charge on any atom is -0.393 e. The first-order valence-corrected chi connectivity index (χ1v) is 9.12. The Kier molecular flexibility index (Phi) is 7.46. The number of aliphatic imine (C=N–C) groups is 1. The summed E-state index contributed by atoms with van der Waals surface area (Å²) in [7, 11) is 0. The lowest BCUT2D eigenvalue weighted by Gasteiger charge is -2.30. The van der Waals surface area contributed by atoms with E-state index in [0.717, 1.165) is 57.2 Å². The normalized spacial score (nSPS) is 28.6. The molecule has 3 N–H and O–H groups in total. The van der Waals surface area contributed by atoms with E-state index in [9.17, 15) is 5.11 Å². The number of piperidine rings is 1. The topological polar surface area (TPSA) is 59.9 Å². The number of aliphatic hydroxyl groups excluding tert-OH is 1. The summed E-state index contributed by atoms with van der Waals surface area (Å²) in [6, 6.07) is 0.456. The summed E-state index contributed by atoms with van der Waals surface area (Å²) < 4.78 is 0. The Morgan fingerprint density at radius 3 is 2.45 bits per heavy atom. The molecule has 0 bridgehead atoms. The summed E-state index contributed by atoms with van der Waals surface area (Å²) in [6.07, 6.45) is 6.44. The molecule has 5 nitrogen and oxygen atoms in total. The summed E-state index contributed by atoms with van der Waals surface area (Å²) >= 11 is 0. The van der Waals surface area contributed by atoms with E-state index in [4.69, 9.17) is 4.99 Å². The molecule has 1 heterocycles. The predicted octanol–water partition coefficient (Wildman–Crippen LogP) is 1.58. The number of hydrogen-bond donors (Lipinski definition) is 3. The Bertz CT molecular complexity index is 332. The van der Waals surface area contributed by atoms with Gasteiger partial charge in [-0.2, -0.15) is 0 Å². The minimum atomic E-state index is -0.0981. The molecule has 1 saturated carbocycles. The predicted molar refractivity (Wildman–Crippen MR) is 92.2 cm³/mol. The van der Waals surface area contributed by atoms with Gasteiger partial charge in [0.25, 0.3) is 0 Å². The number of rotatable bonds is 5. The molecule has 0 amide bonds. The first-order chi connectivity index (χ1) is 10.7. The van der Waals surface area contributed by atoms with Gasteiger partial charge in [-0.15, -0.1) is 0 Å². The van der Waals surface area contributed by atoms with E-state index in [1.807, 2.05) is 0 Å². The van der Waals surface area contributed by atoms with Crippen LogP contribution in [0.3, 0.4) is 0 Å². The van der Waals surface area contributed by atoms with Gasteiger partial charge in [0.05, 0.1) is 12.6 Å². The Morgan fingerprint density at radius 2 is 1.82 bits per heavy atom. The molecule has 1 aliphatic heterocycles. The fraction of sp³-hybridized carbons (Fsp3) is 0.941. The standard InChI is InChI=1S/C17H34N4O/c1-3-18-17(20-15-4-6-16(22)7-5-15)19-10-13-21-11-8-14(2)9-12-21/h14-16,22H,3-13H2,1-2H3,(H2,18,19,20). The van der Waals surface area contributed by atoms with Crippen LogP contribution in [0.25, 0.3) is 0 Å². The zero-order chi connectivity index (χ0) is 15.8. The maximum absolute atomic E-state index is 9.59. The van der Waals surface area contributed by atoms with E-state index in [-0.39, 0.29) is 6.10 Å². The Hall–Kier alpha value is -0.810. The van der Waals surface area contributed by atoms with Crippen molar-refractivity contribution in [3.05, 3.63) is 0 Å². The van der Waals surface area contributed by atoms with Gasteiger partial charge in [0, 0.05) is 19.1 Å². The maximum Gasteiger partial charge on any atom is 0.191 e. The number of nitrogens with zero attached hydrogens (tertiary/aromatic N) is 2. The van der Waals surface area contributed by atoms with Crippen molar-refractivity contribution in [1.29, 1.82) is 0 Å². The molecule has 0 unspecified atom stereocenters. The zero-order valence-corrected chi connectivity index (χ0v) is 14.4. The molecule has 0 spiro atoms. The maximum atomic E-state index is 9.59. The van der Waals surface area contributed by atoms with Crippen LogP contribution in [0.15, 0.2) is 4.99 Å². The lowest BCUT2D eigenvalue weighted by molar-refractivity contribution is 0.120. The third-order valence-electron chi connectivity index (χ3n) is 4.94. The third-order valence-corrected chi connectivity index (χ3v) is 4.94. The van der Waals surface area contributed by atoms with E-state index in [1.165, 1.54) is 25.9 Å². The molecule has 128 valence electrons. The van der Waals surface area contributed by atoms with Crippen LogP contribution in [0.4, 0.5) is 0 Å². The van der Waals surface area contributed by atoms with Crippen molar-refractivity contribution >= 4 is 5.96 Å². The van der Waals surface area contributed by atoms with Crippen LogP contribution in [0.2, 0.25) is 0 Å². The fourth-order valence-corrected chi connectivity index (χ4v) is 3.32. The van der Waals surface area contributed by atoms with Crippen LogP contribution in [0.5, 0.6) is 0 Å². The second-order valence-electron chi connectivity index (χ2n) is 6.93. The molecular formula is C17H34N4O. The third kappa shape index (κ3) is 6.13. The van der Waals surface area contributed by atoms with Crippen LogP contribution < -0.4 is 10.6 Å². The van der Waals surface area contributed by atoms with Gasteiger partial charge in [-0.3, -0.25) is 4.99 Å². The summed E-state index contributed by atoms with van der Waals surface area (Å²) in [5.74, 6) is 1.83. The van der Waals surface area contributed by atoms with E-state index in [0.29, 0.717) is 6.04 Å². The van der Waals surface area contributed by atoms with Crippen molar-refractivity contribution in [3.8, 4) is 0 Å². The monoisotopic (exact) mass is 310 g/mol. The van der Waals surface area contributed by atoms with Crippen molar-refractivity contribution in [2.75, 3.05) is 32.7 Å². The molecule has 22 heavy (non-hydrogen) atoms. The van der Waals surface area contributed by atoms with E-state index >= 15 is 0 Å². The van der Waals surface area contributed by atoms with E-state index < -0.39 is 0 Å². The van der Waals surface area contributed by atoms with Gasteiger partial charge >= 0.3 is 0 Å². The molecule has 0 aromatic heterocycles. The molecule has 0 aromatic rings. The minimum absolute atomic E-state index is 0.0981. The van der Waals surface area contributed by atoms with Gasteiger partial charge in [0.1, 0.15) is 0 Å². The molecule has 0 radical (unpaired) electrons. The fourth-order valence-electron chi connectivity index (χ4n) is 3.32. The summed E-state index contributed by atoms with van der Waals surface area (Å²) in [5.41, 5.74) is 0. The van der Waals surface area contributed by atoms with Crippen LogP contribution >= 0.6 is 0 Å². The largest absolute Gasteiger partial charge is 0.393 e. The molecular weight excluding hydrogens is 276 g/mol. The van der Waals surface area contributed by atoms with Gasteiger partial charge in [0.15, 0.2) is 5.96 Å². The highest BCUT2D eigenvalue weighted by Gasteiger charge is 2.20. The lowest BCUT2D eigenvalue weighted by Crippen LogP contribution is -2.45. The number of nitrogens with one attached hydrogen (secondary N) is 2. The highest BCUT2D eigenvalue weighted by molar-refractivity contribution is 5.80. The van der Waals surface area contributed by atoms with Crippen molar-refractivity contribution < 1.29 is 5.11 Å². The average Bonchev–Trinajstić information content (AvgIpc) is 2.52. The zero-order valence-electron chi connectivity index (χ0n) is 14.4. The van der Waals surface area contributed by atoms with E-state index in [1.54, 1.807) is 0 Å². The Labute approximate surface area is 135 Å². The first kappa shape index (κ1) is 17.5. The molecule has 2 fully saturated rings. The smallest absolute Gasteiger partial charge is 0.191 e. The Balaban J connectivity index is 1.72. The number of likely N-dealkylation sites (tertiary alicyclic amines) is 1. The van der Waals surface area contributed by atoms with Crippen LogP contribution in [-0.2, 0) is 0 Å². The van der Waals surface area contributed by atoms with Crippen molar-refractivity contribution in [3.63, 3.8) is 0 Å². The van der Waals surface area contributed by atoms with Crippen LogP contribution in [0.1, 0.15) is 52.4 Å². The molecule has 2 rings (SSSR count). The molecule has 0 atom stereocenters. The number of guanidine groups is 1. The summed E-state index contributed by atoms with van der Waals surface area (Å²) in [4.78, 5) is 7.26. The van der Waals surface area contributed by atoms with Crippen LogP contribution in [0, 0.1) is 5.92 Å². The van der Waals surface area contributed by atoms with Gasteiger partial charge in [0.2, 0.25) is 0 Å². The second kappa shape index (κ2) is 9.36. The van der Waals surface area contributed by atoms with Crippen LogP contribution in [-0.4, -0.2) is 60.8 Å². The van der Waals surface area contributed by atoms with Gasteiger partial charge in [-0.1, -0.05) is 6.92 Å². The second-order valence-corrected chi connectivity index (χ2v) is 6.93. The number of hydrogen-bond acceptors (Lipinski definition) is 3. The highest BCUT2D eigenvalue weighted by Crippen LogP contribution is 2.18. The van der Waals surface area contributed by atoms with Crippen molar-refractivity contribution in [1.82, 2.24) is 15.5 Å². The molecule has 5 heteroatoms. The SMILES string of the molecule is CCNC(=NCCN1CCC(C)CC1)NC1CCC(O)CC1. The van der Waals surface area contributed by atoms with Gasteiger partial charge in [-0.25, -0.2) is 0 Å².